The van der Waals surface area contributed by atoms with Crippen molar-refractivity contribution in [1.29, 1.82) is 0 Å². The molecule has 1 rings (SSSR count). The molecule has 0 aromatic carbocycles. The Bertz CT molecular complexity index is 528. The SMILES string of the molecule is CNc1ncc(S(=O)(=O)N(CCN(C)C)CC(C)C)cn1. The Hall–Kier alpha value is -1.25. The molecule has 0 spiro atoms. The van der Waals surface area contributed by atoms with E-state index in [1.807, 2.05) is 32.8 Å². The number of hydrogen-bond acceptors (Lipinski definition) is 6. The topological polar surface area (TPSA) is 78.4 Å². The Labute approximate surface area is 127 Å². The predicted molar refractivity (Wildman–Crippen MR) is 83.7 cm³/mol. The molecule has 21 heavy (non-hydrogen) atoms. The summed E-state index contributed by atoms with van der Waals surface area (Å²) >= 11 is 0. The summed E-state index contributed by atoms with van der Waals surface area (Å²) in [5.74, 6) is 0.650. The van der Waals surface area contributed by atoms with Crippen molar-refractivity contribution in [3.05, 3.63) is 12.4 Å². The van der Waals surface area contributed by atoms with Crippen molar-refractivity contribution in [1.82, 2.24) is 19.2 Å². The Morgan fingerprint density at radius 2 is 1.76 bits per heavy atom. The van der Waals surface area contributed by atoms with Crippen LogP contribution in [0.15, 0.2) is 17.3 Å². The maximum Gasteiger partial charge on any atom is 0.246 e. The van der Waals surface area contributed by atoms with Gasteiger partial charge < -0.3 is 10.2 Å². The van der Waals surface area contributed by atoms with Crippen LogP contribution in [-0.2, 0) is 10.0 Å². The summed E-state index contributed by atoms with van der Waals surface area (Å²) in [5.41, 5.74) is 0. The molecule has 0 aliphatic carbocycles. The van der Waals surface area contributed by atoms with E-state index < -0.39 is 10.0 Å². The molecule has 1 aromatic heterocycles. The fourth-order valence-corrected chi connectivity index (χ4v) is 3.24. The molecule has 0 aliphatic heterocycles. The van der Waals surface area contributed by atoms with Gasteiger partial charge in [0.15, 0.2) is 0 Å². The van der Waals surface area contributed by atoms with Gasteiger partial charge in [0.25, 0.3) is 0 Å². The highest BCUT2D eigenvalue weighted by Gasteiger charge is 2.25. The largest absolute Gasteiger partial charge is 0.357 e. The Morgan fingerprint density at radius 3 is 2.19 bits per heavy atom. The minimum atomic E-state index is -3.56. The minimum absolute atomic E-state index is 0.126. The van der Waals surface area contributed by atoms with Crippen LogP contribution in [0.5, 0.6) is 0 Å². The van der Waals surface area contributed by atoms with Gasteiger partial charge in [-0.3, -0.25) is 0 Å². The highest BCUT2D eigenvalue weighted by atomic mass is 32.2. The van der Waals surface area contributed by atoms with E-state index >= 15 is 0 Å². The van der Waals surface area contributed by atoms with Crippen molar-refractivity contribution < 1.29 is 8.42 Å². The average Bonchev–Trinajstić information content (AvgIpc) is 2.42. The summed E-state index contributed by atoms with van der Waals surface area (Å²) in [6.07, 6.45) is 2.69. The lowest BCUT2D eigenvalue weighted by Crippen LogP contribution is -2.39. The van der Waals surface area contributed by atoms with Crippen molar-refractivity contribution in [2.45, 2.75) is 18.7 Å². The number of hydrogen-bond donors (Lipinski definition) is 1. The number of nitrogens with one attached hydrogen (secondary N) is 1. The highest BCUT2D eigenvalue weighted by molar-refractivity contribution is 7.89. The Balaban J connectivity index is 3.00. The monoisotopic (exact) mass is 315 g/mol. The molecule has 7 nitrogen and oxygen atoms in total. The first-order chi connectivity index (χ1) is 9.77. The van der Waals surface area contributed by atoms with Crippen LogP contribution in [0.25, 0.3) is 0 Å². The van der Waals surface area contributed by atoms with Crippen molar-refractivity contribution in [3.63, 3.8) is 0 Å². The van der Waals surface area contributed by atoms with Gasteiger partial charge in [0.2, 0.25) is 16.0 Å². The van der Waals surface area contributed by atoms with Crippen LogP contribution in [0.2, 0.25) is 0 Å². The Kier molecular flexibility index (Phi) is 6.50. The molecule has 1 aromatic rings. The summed E-state index contributed by atoms with van der Waals surface area (Å²) in [6.45, 7) is 5.59. The van der Waals surface area contributed by atoms with Crippen LogP contribution < -0.4 is 5.32 Å². The summed E-state index contributed by atoms with van der Waals surface area (Å²) < 4.78 is 26.9. The van der Waals surface area contributed by atoms with E-state index in [4.69, 9.17) is 0 Å². The third-order valence-electron chi connectivity index (χ3n) is 2.85. The van der Waals surface area contributed by atoms with Gasteiger partial charge >= 0.3 is 0 Å². The number of rotatable bonds is 8. The molecule has 0 amide bonds. The highest BCUT2D eigenvalue weighted by Crippen LogP contribution is 2.16. The molecule has 0 saturated carbocycles. The number of likely N-dealkylation sites (N-methyl/N-ethyl adjacent to an activating group) is 1. The first-order valence-corrected chi connectivity index (χ1v) is 8.36. The van der Waals surface area contributed by atoms with Gasteiger partial charge in [-0.2, -0.15) is 4.31 Å². The van der Waals surface area contributed by atoms with E-state index in [-0.39, 0.29) is 10.8 Å². The molecule has 0 saturated heterocycles. The van der Waals surface area contributed by atoms with Crippen LogP contribution in [0.1, 0.15) is 13.8 Å². The van der Waals surface area contributed by atoms with Gasteiger partial charge in [-0.25, -0.2) is 18.4 Å². The quantitative estimate of drug-likeness (QED) is 0.762. The fraction of sp³-hybridized carbons (Fsp3) is 0.692. The number of sulfonamides is 1. The fourth-order valence-electron chi connectivity index (χ4n) is 1.76. The molecule has 0 atom stereocenters. The van der Waals surface area contributed by atoms with Crippen LogP contribution >= 0.6 is 0 Å². The van der Waals surface area contributed by atoms with Gasteiger partial charge in [0.1, 0.15) is 4.90 Å². The van der Waals surface area contributed by atoms with E-state index in [1.165, 1.54) is 16.7 Å². The second-order valence-corrected chi connectivity index (χ2v) is 7.49. The average molecular weight is 315 g/mol. The summed E-state index contributed by atoms with van der Waals surface area (Å²) in [7, 11) is 1.97. The molecule has 1 N–H and O–H groups in total. The molecule has 0 fully saturated rings. The van der Waals surface area contributed by atoms with Gasteiger partial charge in [-0.1, -0.05) is 13.8 Å². The summed E-state index contributed by atoms with van der Waals surface area (Å²) in [6, 6.07) is 0. The predicted octanol–water partition coefficient (Wildman–Crippen LogP) is 0.727. The van der Waals surface area contributed by atoms with Gasteiger partial charge in [0.05, 0.1) is 12.4 Å². The third kappa shape index (κ3) is 5.22. The summed E-state index contributed by atoms with van der Waals surface area (Å²) in [4.78, 5) is 10.1. The lowest BCUT2D eigenvalue weighted by molar-refractivity contribution is 0.312. The normalized spacial score (nSPS) is 12.4. The van der Waals surface area contributed by atoms with Gasteiger partial charge in [0, 0.05) is 26.7 Å². The van der Waals surface area contributed by atoms with E-state index in [1.54, 1.807) is 7.05 Å². The second-order valence-electron chi connectivity index (χ2n) is 5.55. The summed E-state index contributed by atoms with van der Waals surface area (Å²) in [5, 5.41) is 2.77. The van der Waals surface area contributed by atoms with Crippen molar-refractivity contribution in [3.8, 4) is 0 Å². The lowest BCUT2D eigenvalue weighted by Gasteiger charge is -2.25. The van der Waals surface area contributed by atoms with Crippen molar-refractivity contribution in [2.75, 3.05) is 46.1 Å². The Morgan fingerprint density at radius 1 is 1.19 bits per heavy atom. The third-order valence-corrected chi connectivity index (χ3v) is 4.67. The van der Waals surface area contributed by atoms with E-state index in [0.29, 0.717) is 25.6 Å². The lowest BCUT2D eigenvalue weighted by atomic mass is 10.2. The van der Waals surface area contributed by atoms with Crippen molar-refractivity contribution in [2.24, 2.45) is 5.92 Å². The first-order valence-electron chi connectivity index (χ1n) is 6.92. The molecular weight excluding hydrogens is 290 g/mol. The van der Waals surface area contributed by atoms with Crippen LogP contribution in [-0.4, -0.2) is 68.4 Å². The van der Waals surface area contributed by atoms with E-state index in [0.717, 1.165) is 0 Å². The molecule has 120 valence electrons. The van der Waals surface area contributed by atoms with Crippen molar-refractivity contribution >= 4 is 16.0 Å². The maximum absolute atomic E-state index is 12.7. The number of nitrogens with zero attached hydrogens (tertiary/aromatic N) is 4. The maximum atomic E-state index is 12.7. The van der Waals surface area contributed by atoms with Gasteiger partial charge in [-0.05, 0) is 20.0 Å². The molecule has 1 heterocycles. The van der Waals surface area contributed by atoms with Crippen LogP contribution in [0.4, 0.5) is 5.95 Å². The van der Waals surface area contributed by atoms with Gasteiger partial charge in [-0.15, -0.1) is 0 Å². The first kappa shape index (κ1) is 17.8. The molecule has 0 aliphatic rings. The van der Waals surface area contributed by atoms with E-state index in [2.05, 4.69) is 15.3 Å². The number of anilines is 1. The zero-order valence-electron chi connectivity index (χ0n) is 13.4. The standard InChI is InChI=1S/C13H25N5O2S/c1-11(2)10-18(7-6-17(4)5)21(19,20)12-8-15-13(14-3)16-9-12/h8-9,11H,6-7,10H2,1-5H3,(H,14,15,16). The molecule has 0 bridgehead atoms. The van der Waals surface area contributed by atoms with Crippen LogP contribution in [0, 0.1) is 5.92 Å². The molecule has 0 radical (unpaired) electrons. The van der Waals surface area contributed by atoms with Crippen LogP contribution in [0.3, 0.4) is 0 Å². The number of aromatic nitrogens is 2. The smallest absolute Gasteiger partial charge is 0.246 e. The zero-order chi connectivity index (χ0) is 16.0. The molecule has 8 heteroatoms. The minimum Gasteiger partial charge on any atom is -0.357 e. The van der Waals surface area contributed by atoms with E-state index in [9.17, 15) is 8.42 Å². The molecular formula is C13H25N5O2S. The molecule has 0 unspecified atom stereocenters. The zero-order valence-corrected chi connectivity index (χ0v) is 14.2. The second kappa shape index (κ2) is 7.67.